The summed E-state index contributed by atoms with van der Waals surface area (Å²) in [6.07, 6.45) is 16.7. The maximum atomic E-state index is 5.60. The van der Waals surface area contributed by atoms with Crippen LogP contribution in [0.1, 0.15) is 49.1 Å². The summed E-state index contributed by atoms with van der Waals surface area (Å²) in [6.45, 7) is 2.02. The Bertz CT molecular complexity index is 1070. The van der Waals surface area contributed by atoms with Crippen LogP contribution >= 0.6 is 11.8 Å². The van der Waals surface area contributed by atoms with Gasteiger partial charge in [0, 0.05) is 46.9 Å². The molecule has 0 amide bonds. The minimum atomic E-state index is 0.324. The third-order valence-corrected chi connectivity index (χ3v) is 7.66. The van der Waals surface area contributed by atoms with Gasteiger partial charge in [-0.05, 0) is 19.8 Å². The van der Waals surface area contributed by atoms with Gasteiger partial charge in [0.05, 0.1) is 24.7 Å². The normalized spacial score (nSPS) is 21.8. The van der Waals surface area contributed by atoms with Crippen LogP contribution in [-0.4, -0.2) is 29.5 Å². The molecule has 1 aromatic carbocycles. The van der Waals surface area contributed by atoms with Crippen molar-refractivity contribution in [1.82, 2.24) is 24.3 Å². The van der Waals surface area contributed by atoms with Crippen molar-refractivity contribution in [3.8, 4) is 11.3 Å². The van der Waals surface area contributed by atoms with Gasteiger partial charge in [-0.25, -0.2) is 9.97 Å². The van der Waals surface area contributed by atoms with Crippen molar-refractivity contribution in [2.24, 2.45) is 0 Å². The third kappa shape index (κ3) is 4.19. The van der Waals surface area contributed by atoms with Crippen molar-refractivity contribution in [3.05, 3.63) is 79.1 Å². The number of imidazole rings is 2. The molecular weight excluding hydrogens is 406 g/mol. The fraction of sp³-hybridized carbons (Fsp3) is 0.375. The largest absolute Gasteiger partial charge is 0.361 e. The van der Waals surface area contributed by atoms with E-state index in [1.54, 1.807) is 0 Å². The summed E-state index contributed by atoms with van der Waals surface area (Å²) in [6, 6.07) is 11.0. The Labute approximate surface area is 186 Å². The summed E-state index contributed by atoms with van der Waals surface area (Å²) in [7, 11) is 0. The zero-order chi connectivity index (χ0) is 21.0. The first kappa shape index (κ1) is 20.1. The van der Waals surface area contributed by atoms with E-state index in [-0.39, 0.29) is 0 Å². The van der Waals surface area contributed by atoms with Crippen molar-refractivity contribution in [2.45, 2.75) is 55.7 Å². The molecule has 0 aliphatic heterocycles. The van der Waals surface area contributed by atoms with E-state index in [4.69, 9.17) is 4.52 Å². The van der Waals surface area contributed by atoms with E-state index in [1.165, 1.54) is 24.8 Å². The number of rotatable bonds is 6. The standard InChI is InChI=1S/C24H27N5OS/c1-18-20(23(27-30-18)19-7-3-2-4-8-19)15-31-22-10-6-5-9-21(28-13-11-25-16-28)24(22)29-14-12-26-17-29/h2-4,7-8,11-14,16-17,21-22,24H,5-6,9-10,15H2,1H3. The zero-order valence-corrected chi connectivity index (χ0v) is 18.5. The minimum Gasteiger partial charge on any atom is -0.361 e. The number of hydrogen-bond acceptors (Lipinski definition) is 5. The second-order valence-corrected chi connectivity index (χ2v) is 9.37. The van der Waals surface area contributed by atoms with Gasteiger partial charge in [-0.2, -0.15) is 11.8 Å². The van der Waals surface area contributed by atoms with E-state index in [9.17, 15) is 0 Å². The number of benzene rings is 1. The molecular formula is C24H27N5OS. The van der Waals surface area contributed by atoms with Crippen LogP contribution in [0.3, 0.4) is 0 Å². The molecule has 6 nitrogen and oxygen atoms in total. The van der Waals surface area contributed by atoms with E-state index in [2.05, 4.69) is 48.8 Å². The van der Waals surface area contributed by atoms with Crippen LogP contribution in [0.5, 0.6) is 0 Å². The van der Waals surface area contributed by atoms with Crippen molar-refractivity contribution < 1.29 is 4.52 Å². The summed E-state index contributed by atoms with van der Waals surface area (Å²) in [5.41, 5.74) is 3.27. The number of thioether (sulfide) groups is 1. The highest BCUT2D eigenvalue weighted by atomic mass is 32.2. The molecule has 1 aliphatic rings. The maximum absolute atomic E-state index is 5.60. The molecule has 0 spiro atoms. The SMILES string of the molecule is Cc1onc(-c2ccccc2)c1CSC1CCCCC(n2ccnc2)C1n1ccnc1. The van der Waals surface area contributed by atoms with Crippen molar-refractivity contribution >= 4 is 11.8 Å². The molecule has 4 aromatic rings. The molecule has 5 rings (SSSR count). The fourth-order valence-corrected chi connectivity index (χ4v) is 6.25. The van der Waals surface area contributed by atoms with Gasteiger partial charge in [0.15, 0.2) is 0 Å². The lowest BCUT2D eigenvalue weighted by Gasteiger charge is -2.33. The molecule has 1 fully saturated rings. The Kier molecular flexibility index (Phi) is 5.93. The lowest BCUT2D eigenvalue weighted by molar-refractivity contribution is 0.313. The van der Waals surface area contributed by atoms with Gasteiger partial charge in [-0.15, -0.1) is 0 Å². The van der Waals surface area contributed by atoms with Gasteiger partial charge < -0.3 is 13.7 Å². The van der Waals surface area contributed by atoms with Gasteiger partial charge >= 0.3 is 0 Å². The van der Waals surface area contributed by atoms with E-state index in [0.717, 1.165) is 29.2 Å². The van der Waals surface area contributed by atoms with Gasteiger partial charge in [0.25, 0.3) is 0 Å². The Morgan fingerprint density at radius 2 is 1.74 bits per heavy atom. The van der Waals surface area contributed by atoms with Gasteiger partial charge in [0.2, 0.25) is 0 Å². The van der Waals surface area contributed by atoms with Crippen molar-refractivity contribution in [1.29, 1.82) is 0 Å². The lowest BCUT2D eigenvalue weighted by atomic mass is 10.0. The molecule has 0 bridgehead atoms. The molecule has 3 unspecified atom stereocenters. The highest BCUT2D eigenvalue weighted by Crippen LogP contribution is 2.43. The quantitative estimate of drug-likeness (QED) is 0.365. The summed E-state index contributed by atoms with van der Waals surface area (Å²) >= 11 is 2.02. The molecule has 7 heteroatoms. The molecule has 3 aromatic heterocycles. The Balaban J connectivity index is 1.43. The third-order valence-electron chi connectivity index (χ3n) is 6.26. The number of hydrogen-bond donors (Lipinski definition) is 0. The Morgan fingerprint density at radius 1 is 1.00 bits per heavy atom. The topological polar surface area (TPSA) is 61.7 Å². The predicted molar refractivity (Wildman–Crippen MR) is 123 cm³/mol. The van der Waals surface area contributed by atoms with Crippen LogP contribution in [0.25, 0.3) is 11.3 Å². The average Bonchev–Trinajstić information content (AvgIpc) is 3.55. The molecule has 160 valence electrons. The second-order valence-electron chi connectivity index (χ2n) is 8.14. The van der Waals surface area contributed by atoms with Crippen LogP contribution in [0.2, 0.25) is 0 Å². The molecule has 1 aliphatic carbocycles. The Hall–Kier alpha value is -2.80. The van der Waals surface area contributed by atoms with Crippen LogP contribution in [0, 0.1) is 6.92 Å². The summed E-state index contributed by atoms with van der Waals surface area (Å²) in [4.78, 5) is 8.68. The maximum Gasteiger partial charge on any atom is 0.138 e. The van der Waals surface area contributed by atoms with Gasteiger partial charge in [-0.3, -0.25) is 0 Å². The lowest BCUT2D eigenvalue weighted by Crippen LogP contribution is -2.29. The van der Waals surface area contributed by atoms with Gasteiger partial charge in [0.1, 0.15) is 11.5 Å². The minimum absolute atomic E-state index is 0.324. The summed E-state index contributed by atoms with van der Waals surface area (Å²) < 4.78 is 10.2. The van der Waals surface area contributed by atoms with E-state index in [0.29, 0.717) is 17.3 Å². The first-order chi connectivity index (χ1) is 15.3. The van der Waals surface area contributed by atoms with Crippen molar-refractivity contribution in [2.75, 3.05) is 0 Å². The van der Waals surface area contributed by atoms with Crippen LogP contribution in [0.15, 0.2) is 72.3 Å². The zero-order valence-electron chi connectivity index (χ0n) is 17.7. The highest BCUT2D eigenvalue weighted by molar-refractivity contribution is 7.99. The number of aromatic nitrogens is 5. The molecule has 0 saturated heterocycles. The van der Waals surface area contributed by atoms with Crippen molar-refractivity contribution in [3.63, 3.8) is 0 Å². The summed E-state index contributed by atoms with van der Waals surface area (Å²) in [5.74, 6) is 1.79. The van der Waals surface area contributed by atoms with E-state index in [1.807, 2.05) is 61.9 Å². The predicted octanol–water partition coefficient (Wildman–Crippen LogP) is 5.70. The first-order valence-electron chi connectivity index (χ1n) is 10.9. The molecule has 3 atom stereocenters. The second kappa shape index (κ2) is 9.14. The Morgan fingerprint density at radius 3 is 2.48 bits per heavy atom. The number of aryl methyl sites for hydroxylation is 1. The average molecular weight is 434 g/mol. The number of nitrogens with zero attached hydrogens (tertiary/aromatic N) is 5. The smallest absolute Gasteiger partial charge is 0.138 e. The van der Waals surface area contributed by atoms with Crippen LogP contribution < -0.4 is 0 Å². The van der Waals surface area contributed by atoms with Crippen LogP contribution in [0.4, 0.5) is 0 Å². The molecule has 3 heterocycles. The van der Waals surface area contributed by atoms with Gasteiger partial charge in [-0.1, -0.05) is 48.3 Å². The summed E-state index contributed by atoms with van der Waals surface area (Å²) in [5, 5.41) is 4.84. The molecule has 1 saturated carbocycles. The monoisotopic (exact) mass is 433 g/mol. The molecule has 0 N–H and O–H groups in total. The van der Waals surface area contributed by atoms with Crippen LogP contribution in [-0.2, 0) is 5.75 Å². The highest BCUT2D eigenvalue weighted by Gasteiger charge is 2.34. The first-order valence-corrected chi connectivity index (χ1v) is 11.9. The fourth-order valence-electron chi connectivity index (χ4n) is 4.67. The molecule has 0 radical (unpaired) electrons. The van der Waals surface area contributed by atoms with E-state index < -0.39 is 0 Å². The molecule has 31 heavy (non-hydrogen) atoms. The van der Waals surface area contributed by atoms with E-state index >= 15 is 0 Å².